The van der Waals surface area contributed by atoms with Crippen molar-refractivity contribution in [3.8, 4) is 6.07 Å². The lowest BCUT2D eigenvalue weighted by atomic mass is 9.88. The fourth-order valence-electron chi connectivity index (χ4n) is 1.57. The van der Waals surface area contributed by atoms with E-state index >= 15 is 0 Å². The molecule has 1 aromatic rings. The molecule has 0 amide bonds. The molecule has 0 aliphatic rings. The highest BCUT2D eigenvalue weighted by Gasteiger charge is 2.32. The summed E-state index contributed by atoms with van der Waals surface area (Å²) in [7, 11) is -3.77. The monoisotopic (exact) mass is 310 g/mol. The zero-order valence-electron chi connectivity index (χ0n) is 12.0. The van der Waals surface area contributed by atoms with Crippen molar-refractivity contribution in [3.05, 3.63) is 29.8 Å². The lowest BCUT2D eigenvalue weighted by molar-refractivity contribution is -0.147. The van der Waals surface area contributed by atoms with E-state index in [4.69, 9.17) is 10.4 Å². The van der Waals surface area contributed by atoms with E-state index in [-0.39, 0.29) is 17.9 Å². The maximum atomic E-state index is 12.1. The Morgan fingerprint density at radius 1 is 1.38 bits per heavy atom. The van der Waals surface area contributed by atoms with Gasteiger partial charge in [0.25, 0.3) is 0 Å². The topological polar surface area (TPSA) is 107 Å². The van der Waals surface area contributed by atoms with Gasteiger partial charge in [-0.05, 0) is 31.0 Å². The Morgan fingerprint density at radius 3 is 2.38 bits per heavy atom. The second-order valence-corrected chi connectivity index (χ2v) is 6.79. The summed E-state index contributed by atoms with van der Waals surface area (Å²) >= 11 is 0. The lowest BCUT2D eigenvalue weighted by Crippen LogP contribution is -2.40. The van der Waals surface area contributed by atoms with Gasteiger partial charge in [-0.2, -0.15) is 5.26 Å². The van der Waals surface area contributed by atoms with Crippen LogP contribution in [0.25, 0.3) is 0 Å². The van der Waals surface area contributed by atoms with E-state index in [1.807, 2.05) is 6.07 Å². The highest BCUT2D eigenvalue weighted by atomic mass is 32.2. The molecular formula is C14H18N2O4S. The normalized spacial score (nSPS) is 14.1. The van der Waals surface area contributed by atoms with E-state index in [0.29, 0.717) is 6.42 Å². The Balaban J connectivity index is 2.87. The van der Waals surface area contributed by atoms with Crippen LogP contribution in [-0.4, -0.2) is 26.0 Å². The zero-order valence-corrected chi connectivity index (χ0v) is 12.8. The molecule has 0 aromatic heterocycles. The van der Waals surface area contributed by atoms with Gasteiger partial charge in [-0.15, -0.1) is 0 Å². The number of nitrogens with zero attached hydrogens (tertiary/aromatic N) is 1. The van der Waals surface area contributed by atoms with E-state index in [1.54, 1.807) is 19.1 Å². The van der Waals surface area contributed by atoms with Crippen molar-refractivity contribution in [1.82, 2.24) is 4.72 Å². The van der Waals surface area contributed by atoms with Crippen LogP contribution in [0.1, 0.15) is 25.8 Å². The summed E-state index contributed by atoms with van der Waals surface area (Å²) in [5.41, 5.74) is -0.422. The largest absolute Gasteiger partial charge is 0.481 e. The minimum Gasteiger partial charge on any atom is -0.481 e. The molecule has 21 heavy (non-hydrogen) atoms. The fourth-order valence-corrected chi connectivity index (χ4v) is 2.74. The SMILES string of the molecule is CCC(C)(CNS(=O)(=O)c1ccc(CC#N)cc1)C(=O)O. The second-order valence-electron chi connectivity index (χ2n) is 5.02. The Morgan fingerprint density at radius 2 is 1.95 bits per heavy atom. The van der Waals surface area contributed by atoms with Crippen molar-refractivity contribution >= 4 is 16.0 Å². The van der Waals surface area contributed by atoms with Crippen LogP contribution < -0.4 is 4.72 Å². The minimum atomic E-state index is -3.77. The van der Waals surface area contributed by atoms with Gasteiger partial charge in [-0.1, -0.05) is 19.1 Å². The van der Waals surface area contributed by atoms with Crippen molar-refractivity contribution in [3.63, 3.8) is 0 Å². The van der Waals surface area contributed by atoms with Gasteiger partial charge in [0.2, 0.25) is 10.0 Å². The molecule has 0 fully saturated rings. The first-order valence-electron chi connectivity index (χ1n) is 6.44. The molecule has 114 valence electrons. The second kappa shape index (κ2) is 6.70. The highest BCUT2D eigenvalue weighted by Crippen LogP contribution is 2.21. The molecule has 0 saturated heterocycles. The first-order chi connectivity index (χ1) is 9.75. The van der Waals surface area contributed by atoms with Crippen molar-refractivity contribution in [2.24, 2.45) is 5.41 Å². The maximum absolute atomic E-state index is 12.1. The smallest absolute Gasteiger partial charge is 0.310 e. The molecule has 2 N–H and O–H groups in total. The molecule has 1 rings (SSSR count). The van der Waals surface area contributed by atoms with Gasteiger partial charge >= 0.3 is 5.97 Å². The van der Waals surface area contributed by atoms with Gasteiger partial charge in [-0.3, -0.25) is 4.79 Å². The standard InChI is InChI=1S/C14H18N2O4S/c1-3-14(2,13(17)18)10-16-21(19,20)12-6-4-11(5-7-12)8-9-15/h4-7,16H,3,8,10H2,1-2H3,(H,17,18). The van der Waals surface area contributed by atoms with Crippen molar-refractivity contribution in [2.75, 3.05) is 6.54 Å². The summed E-state index contributed by atoms with van der Waals surface area (Å²) in [4.78, 5) is 11.2. The van der Waals surface area contributed by atoms with Gasteiger partial charge in [0.05, 0.1) is 22.8 Å². The number of hydrogen-bond donors (Lipinski definition) is 2. The van der Waals surface area contributed by atoms with Gasteiger partial charge in [0.15, 0.2) is 0 Å². The summed E-state index contributed by atoms with van der Waals surface area (Å²) in [6.45, 7) is 3.01. The number of carboxylic acid groups (broad SMARTS) is 1. The number of carboxylic acids is 1. The number of rotatable bonds is 7. The molecule has 7 heteroatoms. The van der Waals surface area contributed by atoms with Crippen molar-refractivity contribution in [1.29, 1.82) is 5.26 Å². The van der Waals surface area contributed by atoms with Crippen LogP contribution in [0.4, 0.5) is 0 Å². The third kappa shape index (κ3) is 4.28. The summed E-state index contributed by atoms with van der Waals surface area (Å²) < 4.78 is 26.6. The average Bonchev–Trinajstić information content (AvgIpc) is 2.45. The predicted molar refractivity (Wildman–Crippen MR) is 77.0 cm³/mol. The number of nitriles is 1. The average molecular weight is 310 g/mol. The van der Waals surface area contributed by atoms with Gasteiger partial charge in [0.1, 0.15) is 0 Å². The molecule has 1 unspecified atom stereocenters. The Bertz CT molecular complexity index is 647. The summed E-state index contributed by atoms with van der Waals surface area (Å²) in [5, 5.41) is 17.7. The zero-order chi connectivity index (χ0) is 16.1. The molecule has 0 spiro atoms. The van der Waals surface area contributed by atoms with Crippen LogP contribution in [0.3, 0.4) is 0 Å². The molecule has 0 aliphatic carbocycles. The number of aliphatic carboxylic acids is 1. The number of benzene rings is 1. The van der Waals surface area contributed by atoms with E-state index in [1.165, 1.54) is 19.1 Å². The molecule has 0 bridgehead atoms. The number of sulfonamides is 1. The first-order valence-corrected chi connectivity index (χ1v) is 7.92. The third-order valence-electron chi connectivity index (χ3n) is 3.47. The number of hydrogen-bond acceptors (Lipinski definition) is 4. The summed E-state index contributed by atoms with van der Waals surface area (Å²) in [6, 6.07) is 7.91. The third-order valence-corrected chi connectivity index (χ3v) is 4.88. The molecule has 0 radical (unpaired) electrons. The van der Waals surface area contributed by atoms with Gasteiger partial charge in [0, 0.05) is 6.54 Å². The van der Waals surface area contributed by atoms with Crippen molar-refractivity contribution < 1.29 is 18.3 Å². The Hall–Kier alpha value is -1.91. The van der Waals surface area contributed by atoms with Crippen LogP contribution >= 0.6 is 0 Å². The van der Waals surface area contributed by atoms with Gasteiger partial charge in [-0.25, -0.2) is 13.1 Å². The van der Waals surface area contributed by atoms with Gasteiger partial charge < -0.3 is 5.11 Å². The fraction of sp³-hybridized carbons (Fsp3) is 0.429. The quantitative estimate of drug-likeness (QED) is 0.794. The summed E-state index contributed by atoms with van der Waals surface area (Å²) in [5.74, 6) is -1.04. The van der Waals surface area contributed by atoms with Crippen LogP contribution in [0.2, 0.25) is 0 Å². The van der Waals surface area contributed by atoms with E-state index in [2.05, 4.69) is 4.72 Å². The molecule has 0 saturated carbocycles. The molecular weight excluding hydrogens is 292 g/mol. The Labute approximate surface area is 124 Å². The van der Waals surface area contributed by atoms with Crippen LogP contribution in [0.5, 0.6) is 0 Å². The number of carbonyl (C=O) groups is 1. The first kappa shape index (κ1) is 17.1. The minimum absolute atomic E-state index is 0.0491. The summed E-state index contributed by atoms with van der Waals surface area (Å²) in [6.07, 6.45) is 0.520. The predicted octanol–water partition coefficient (Wildman–Crippen LogP) is 1.53. The van der Waals surface area contributed by atoms with Crippen LogP contribution in [-0.2, 0) is 21.2 Å². The van der Waals surface area contributed by atoms with E-state index < -0.39 is 21.4 Å². The van der Waals surface area contributed by atoms with E-state index in [0.717, 1.165) is 5.56 Å². The molecule has 0 aliphatic heterocycles. The number of nitrogens with one attached hydrogen (secondary N) is 1. The Kier molecular flexibility index (Phi) is 5.47. The van der Waals surface area contributed by atoms with Crippen molar-refractivity contribution in [2.45, 2.75) is 31.6 Å². The maximum Gasteiger partial charge on any atom is 0.310 e. The molecule has 0 heterocycles. The van der Waals surface area contributed by atoms with Crippen LogP contribution in [0.15, 0.2) is 29.2 Å². The molecule has 1 atom stereocenters. The van der Waals surface area contributed by atoms with Crippen LogP contribution in [0, 0.1) is 16.7 Å². The molecule has 6 nitrogen and oxygen atoms in total. The van der Waals surface area contributed by atoms with E-state index in [9.17, 15) is 13.2 Å². The lowest BCUT2D eigenvalue weighted by Gasteiger charge is -2.23. The highest BCUT2D eigenvalue weighted by molar-refractivity contribution is 7.89. The molecule has 1 aromatic carbocycles.